The maximum Gasteiger partial charge on any atom is 0.416 e. The highest BCUT2D eigenvalue weighted by Gasteiger charge is 2.30. The van der Waals surface area contributed by atoms with E-state index < -0.39 is 11.7 Å². The standard InChI is InChI=1S/C22H29F3N4O2.HI/c1-16(17-6-4-8-19(14-17)22(23,24)25)9-11-28-21(26-2)29-15-18-7-5-10-27-20(18)31-13-12-30-3;/h4-8,10,14,16H,9,11-13,15H2,1-3H3,(H2,26,28,29);1H. The van der Waals surface area contributed by atoms with E-state index in [9.17, 15) is 13.2 Å². The molecule has 0 radical (unpaired) electrons. The monoisotopic (exact) mass is 566 g/mol. The first-order valence-electron chi connectivity index (χ1n) is 10.0. The van der Waals surface area contributed by atoms with Crippen LogP contribution in [-0.4, -0.2) is 44.9 Å². The van der Waals surface area contributed by atoms with Crippen LogP contribution >= 0.6 is 24.0 Å². The van der Waals surface area contributed by atoms with Crippen LogP contribution in [0.15, 0.2) is 47.6 Å². The minimum Gasteiger partial charge on any atom is -0.475 e. The van der Waals surface area contributed by atoms with E-state index in [1.54, 1.807) is 26.4 Å². The van der Waals surface area contributed by atoms with Gasteiger partial charge in [-0.15, -0.1) is 24.0 Å². The molecule has 1 aromatic carbocycles. The van der Waals surface area contributed by atoms with E-state index in [0.29, 0.717) is 50.1 Å². The van der Waals surface area contributed by atoms with Gasteiger partial charge in [-0.25, -0.2) is 4.98 Å². The fourth-order valence-electron chi connectivity index (χ4n) is 2.91. The van der Waals surface area contributed by atoms with Gasteiger partial charge in [-0.3, -0.25) is 4.99 Å². The molecule has 2 aromatic rings. The minimum atomic E-state index is -4.33. The van der Waals surface area contributed by atoms with Gasteiger partial charge in [0.15, 0.2) is 5.96 Å². The van der Waals surface area contributed by atoms with Gasteiger partial charge < -0.3 is 20.1 Å². The molecule has 1 atom stereocenters. The van der Waals surface area contributed by atoms with Crippen molar-refractivity contribution >= 4 is 29.9 Å². The second-order valence-corrected chi connectivity index (χ2v) is 6.97. The Hall–Kier alpha value is -2.08. The molecule has 1 unspecified atom stereocenters. The van der Waals surface area contributed by atoms with Gasteiger partial charge in [0.1, 0.15) is 6.61 Å². The number of hydrogen-bond donors (Lipinski definition) is 2. The second-order valence-electron chi connectivity index (χ2n) is 6.97. The number of nitrogens with zero attached hydrogens (tertiary/aromatic N) is 2. The summed E-state index contributed by atoms with van der Waals surface area (Å²) in [6, 6.07) is 9.21. The third-order valence-corrected chi connectivity index (χ3v) is 4.70. The summed E-state index contributed by atoms with van der Waals surface area (Å²) in [5, 5.41) is 6.39. The van der Waals surface area contributed by atoms with Crippen molar-refractivity contribution in [2.75, 3.05) is 33.9 Å². The number of nitrogens with one attached hydrogen (secondary N) is 2. The molecule has 0 aliphatic rings. The number of ether oxygens (including phenoxy) is 2. The molecule has 2 N–H and O–H groups in total. The SMILES string of the molecule is CN=C(NCCC(C)c1cccc(C(F)(F)F)c1)NCc1cccnc1OCCOC.I. The Morgan fingerprint density at radius 1 is 1.16 bits per heavy atom. The molecule has 10 heteroatoms. The number of benzene rings is 1. The second kappa shape index (κ2) is 14.1. The lowest BCUT2D eigenvalue weighted by Gasteiger charge is -2.17. The van der Waals surface area contributed by atoms with Gasteiger partial charge in [0, 0.05) is 39.0 Å². The van der Waals surface area contributed by atoms with Gasteiger partial charge in [-0.05, 0) is 30.0 Å². The van der Waals surface area contributed by atoms with E-state index >= 15 is 0 Å². The number of methoxy groups -OCH3 is 1. The zero-order chi connectivity index (χ0) is 22.7. The quantitative estimate of drug-likeness (QED) is 0.191. The molecule has 178 valence electrons. The fourth-order valence-corrected chi connectivity index (χ4v) is 2.91. The molecule has 0 saturated heterocycles. The van der Waals surface area contributed by atoms with Crippen molar-refractivity contribution in [2.24, 2.45) is 4.99 Å². The van der Waals surface area contributed by atoms with Crippen LogP contribution in [0.5, 0.6) is 5.88 Å². The molecule has 1 aromatic heterocycles. The van der Waals surface area contributed by atoms with Crippen LogP contribution in [0.25, 0.3) is 0 Å². The Labute approximate surface area is 204 Å². The summed E-state index contributed by atoms with van der Waals surface area (Å²) < 4.78 is 49.4. The van der Waals surface area contributed by atoms with Crippen molar-refractivity contribution in [1.82, 2.24) is 15.6 Å². The summed E-state index contributed by atoms with van der Waals surface area (Å²) in [4.78, 5) is 8.43. The normalized spacial score (nSPS) is 12.6. The Morgan fingerprint density at radius 2 is 1.94 bits per heavy atom. The molecule has 0 saturated carbocycles. The van der Waals surface area contributed by atoms with Crippen LogP contribution in [0.2, 0.25) is 0 Å². The minimum absolute atomic E-state index is 0. The summed E-state index contributed by atoms with van der Waals surface area (Å²) in [5.74, 6) is 1.08. The Balaban J connectivity index is 0.00000512. The van der Waals surface area contributed by atoms with E-state index in [0.717, 1.165) is 11.6 Å². The highest BCUT2D eigenvalue weighted by molar-refractivity contribution is 14.0. The van der Waals surface area contributed by atoms with Crippen molar-refractivity contribution in [3.8, 4) is 5.88 Å². The summed E-state index contributed by atoms with van der Waals surface area (Å²) in [6.07, 6.45) is -2.02. The highest BCUT2D eigenvalue weighted by Crippen LogP contribution is 2.31. The largest absolute Gasteiger partial charge is 0.475 e. The van der Waals surface area contributed by atoms with Crippen LogP contribution in [0.3, 0.4) is 0 Å². The van der Waals surface area contributed by atoms with Gasteiger partial charge in [-0.2, -0.15) is 13.2 Å². The van der Waals surface area contributed by atoms with E-state index in [2.05, 4.69) is 20.6 Å². The Kier molecular flexibility index (Phi) is 12.4. The molecule has 32 heavy (non-hydrogen) atoms. The van der Waals surface area contributed by atoms with E-state index in [1.807, 2.05) is 19.1 Å². The Morgan fingerprint density at radius 3 is 2.62 bits per heavy atom. The smallest absolute Gasteiger partial charge is 0.416 e. The predicted octanol–water partition coefficient (Wildman–Crippen LogP) is 4.60. The number of rotatable bonds is 10. The summed E-state index contributed by atoms with van der Waals surface area (Å²) in [5.41, 5.74) is 0.911. The highest BCUT2D eigenvalue weighted by atomic mass is 127. The van der Waals surface area contributed by atoms with Crippen LogP contribution in [0, 0.1) is 0 Å². The molecule has 0 aliphatic carbocycles. The van der Waals surface area contributed by atoms with Gasteiger partial charge in [0.05, 0.1) is 12.2 Å². The Bertz CT molecular complexity index is 850. The first-order chi connectivity index (χ1) is 14.8. The van der Waals surface area contributed by atoms with Crippen LogP contribution < -0.4 is 15.4 Å². The first-order valence-corrected chi connectivity index (χ1v) is 10.0. The van der Waals surface area contributed by atoms with Gasteiger partial charge in [0.2, 0.25) is 5.88 Å². The fraction of sp³-hybridized carbons (Fsp3) is 0.455. The van der Waals surface area contributed by atoms with E-state index in [4.69, 9.17) is 9.47 Å². The predicted molar refractivity (Wildman–Crippen MR) is 130 cm³/mol. The van der Waals surface area contributed by atoms with E-state index in [1.165, 1.54) is 12.1 Å². The van der Waals surface area contributed by atoms with E-state index in [-0.39, 0.29) is 29.9 Å². The molecule has 6 nitrogen and oxygen atoms in total. The molecule has 0 bridgehead atoms. The lowest BCUT2D eigenvalue weighted by atomic mass is 9.96. The molecule has 2 rings (SSSR count). The lowest BCUT2D eigenvalue weighted by Crippen LogP contribution is -2.37. The number of alkyl halides is 3. The average Bonchev–Trinajstić information content (AvgIpc) is 2.76. The van der Waals surface area contributed by atoms with Crippen LogP contribution in [-0.2, 0) is 17.5 Å². The zero-order valence-corrected chi connectivity index (χ0v) is 20.7. The molecule has 1 heterocycles. The average molecular weight is 566 g/mol. The van der Waals surface area contributed by atoms with Gasteiger partial charge >= 0.3 is 6.18 Å². The lowest BCUT2D eigenvalue weighted by molar-refractivity contribution is -0.137. The molecule has 0 fully saturated rings. The first kappa shape index (κ1) is 28.0. The maximum absolute atomic E-state index is 12.9. The molecular formula is C22H30F3IN4O2. The molecule has 0 aliphatic heterocycles. The summed E-state index contributed by atoms with van der Waals surface area (Å²) in [6.45, 7) is 3.80. The third kappa shape index (κ3) is 9.19. The number of pyridine rings is 1. The summed E-state index contributed by atoms with van der Waals surface area (Å²) >= 11 is 0. The van der Waals surface area contributed by atoms with Crippen LogP contribution in [0.1, 0.15) is 36.0 Å². The van der Waals surface area contributed by atoms with Crippen molar-refractivity contribution in [3.63, 3.8) is 0 Å². The topological polar surface area (TPSA) is 67.8 Å². The number of hydrogen-bond acceptors (Lipinski definition) is 4. The zero-order valence-electron chi connectivity index (χ0n) is 18.4. The summed E-state index contributed by atoms with van der Waals surface area (Å²) in [7, 11) is 3.26. The number of aliphatic imine (C=N–C) groups is 1. The molecular weight excluding hydrogens is 536 g/mol. The molecule has 0 spiro atoms. The van der Waals surface area contributed by atoms with Crippen molar-refractivity contribution in [2.45, 2.75) is 32.0 Å². The van der Waals surface area contributed by atoms with Crippen molar-refractivity contribution in [1.29, 1.82) is 0 Å². The van der Waals surface area contributed by atoms with Crippen molar-refractivity contribution in [3.05, 3.63) is 59.3 Å². The number of halogens is 4. The third-order valence-electron chi connectivity index (χ3n) is 4.70. The number of aromatic nitrogens is 1. The van der Waals surface area contributed by atoms with Gasteiger partial charge in [0.25, 0.3) is 0 Å². The maximum atomic E-state index is 12.9. The number of guanidine groups is 1. The van der Waals surface area contributed by atoms with Crippen molar-refractivity contribution < 1.29 is 22.6 Å². The van der Waals surface area contributed by atoms with Gasteiger partial charge in [-0.1, -0.05) is 31.2 Å². The molecule has 0 amide bonds. The van der Waals surface area contributed by atoms with Crippen LogP contribution in [0.4, 0.5) is 13.2 Å².